The van der Waals surface area contributed by atoms with Crippen LogP contribution in [0.25, 0.3) is 0 Å². The molecule has 0 spiro atoms. The molecule has 0 aromatic carbocycles. The second-order valence-corrected chi connectivity index (χ2v) is 8.21. The summed E-state index contributed by atoms with van der Waals surface area (Å²) in [7, 11) is 0. The highest BCUT2D eigenvalue weighted by Crippen LogP contribution is 2.32. The van der Waals surface area contributed by atoms with E-state index in [1.54, 1.807) is 11.0 Å². The van der Waals surface area contributed by atoms with Gasteiger partial charge in [0, 0.05) is 18.0 Å². The second-order valence-electron chi connectivity index (χ2n) is 4.46. The lowest BCUT2D eigenvalue weighted by atomic mass is 9.99. The van der Waals surface area contributed by atoms with Crippen LogP contribution in [0.2, 0.25) is 0 Å². The molecule has 1 saturated heterocycles. The van der Waals surface area contributed by atoms with Crippen molar-refractivity contribution in [1.29, 1.82) is 0 Å². The molecular weight excluding hydrogens is 382 g/mol. The SMILES string of the molecule is CC1CCCN(CC(=O)c2cc(Br)sc2Br)C1=O. The van der Waals surface area contributed by atoms with Crippen LogP contribution in [0.3, 0.4) is 0 Å². The molecule has 2 heterocycles. The van der Waals surface area contributed by atoms with Crippen LogP contribution in [0.1, 0.15) is 30.1 Å². The van der Waals surface area contributed by atoms with E-state index in [0.29, 0.717) is 12.1 Å². The lowest BCUT2D eigenvalue weighted by Crippen LogP contribution is -2.42. The summed E-state index contributed by atoms with van der Waals surface area (Å²) in [5, 5.41) is 0. The first-order valence-corrected chi connectivity index (χ1v) is 8.16. The summed E-state index contributed by atoms with van der Waals surface area (Å²) in [5.41, 5.74) is 0.651. The summed E-state index contributed by atoms with van der Waals surface area (Å²) in [5.74, 6) is 0.135. The average Bonchev–Trinajstić information content (AvgIpc) is 2.64. The Balaban J connectivity index is 2.07. The van der Waals surface area contributed by atoms with Gasteiger partial charge < -0.3 is 4.90 Å². The van der Waals surface area contributed by atoms with Gasteiger partial charge in [-0.1, -0.05) is 6.92 Å². The van der Waals surface area contributed by atoms with Gasteiger partial charge in [0.05, 0.1) is 14.1 Å². The van der Waals surface area contributed by atoms with Crippen molar-refractivity contribution in [3.05, 3.63) is 19.2 Å². The van der Waals surface area contributed by atoms with Gasteiger partial charge in [-0.3, -0.25) is 9.59 Å². The number of hydrogen-bond donors (Lipinski definition) is 0. The highest BCUT2D eigenvalue weighted by Gasteiger charge is 2.27. The minimum atomic E-state index is -0.00808. The fourth-order valence-electron chi connectivity index (χ4n) is 2.08. The van der Waals surface area contributed by atoms with Gasteiger partial charge >= 0.3 is 0 Å². The zero-order valence-corrected chi connectivity index (χ0v) is 13.9. The molecule has 1 fully saturated rings. The molecule has 1 aliphatic heterocycles. The van der Waals surface area contributed by atoms with Crippen LogP contribution in [-0.4, -0.2) is 29.7 Å². The van der Waals surface area contributed by atoms with Crippen molar-refractivity contribution in [3.8, 4) is 0 Å². The Hall–Kier alpha value is -0.200. The molecule has 2 rings (SSSR count). The molecule has 1 aliphatic rings. The van der Waals surface area contributed by atoms with Gasteiger partial charge in [-0.2, -0.15) is 0 Å². The van der Waals surface area contributed by atoms with Gasteiger partial charge in [0.2, 0.25) is 5.91 Å². The van der Waals surface area contributed by atoms with Crippen molar-refractivity contribution < 1.29 is 9.59 Å². The molecule has 0 aliphatic carbocycles. The molecule has 1 aromatic heterocycles. The number of carbonyl (C=O) groups excluding carboxylic acids is 2. The monoisotopic (exact) mass is 393 g/mol. The summed E-state index contributed by atoms with van der Waals surface area (Å²) < 4.78 is 1.73. The third kappa shape index (κ3) is 3.03. The van der Waals surface area contributed by atoms with Gasteiger partial charge in [0.1, 0.15) is 0 Å². The van der Waals surface area contributed by atoms with Crippen molar-refractivity contribution in [1.82, 2.24) is 4.90 Å². The molecule has 0 bridgehead atoms. The maximum atomic E-state index is 12.2. The topological polar surface area (TPSA) is 37.4 Å². The summed E-state index contributed by atoms with van der Waals surface area (Å²) >= 11 is 8.20. The highest BCUT2D eigenvalue weighted by molar-refractivity contribution is 9.12. The van der Waals surface area contributed by atoms with Crippen LogP contribution in [0.5, 0.6) is 0 Å². The van der Waals surface area contributed by atoms with Gasteiger partial charge in [-0.15, -0.1) is 11.3 Å². The van der Waals surface area contributed by atoms with Crippen LogP contribution >= 0.6 is 43.2 Å². The summed E-state index contributed by atoms with van der Waals surface area (Å²) in [6, 6.07) is 1.80. The maximum Gasteiger partial charge on any atom is 0.225 e. The van der Waals surface area contributed by atoms with Crippen LogP contribution in [0, 0.1) is 5.92 Å². The van der Waals surface area contributed by atoms with Crippen LogP contribution < -0.4 is 0 Å². The number of piperidine rings is 1. The van der Waals surface area contributed by atoms with Crippen LogP contribution in [0.4, 0.5) is 0 Å². The molecule has 1 aromatic rings. The second kappa shape index (κ2) is 5.84. The van der Waals surface area contributed by atoms with E-state index in [4.69, 9.17) is 0 Å². The Labute approximate surface area is 127 Å². The van der Waals surface area contributed by atoms with E-state index in [1.807, 2.05) is 6.92 Å². The molecular formula is C12H13Br2NO2S. The number of rotatable bonds is 3. The maximum absolute atomic E-state index is 12.2. The number of carbonyl (C=O) groups is 2. The van der Waals surface area contributed by atoms with Crippen molar-refractivity contribution >= 4 is 54.9 Å². The minimum Gasteiger partial charge on any atom is -0.335 e. The van der Waals surface area contributed by atoms with E-state index >= 15 is 0 Å². The first-order valence-electron chi connectivity index (χ1n) is 5.76. The predicted molar refractivity (Wildman–Crippen MR) is 79.0 cm³/mol. The van der Waals surface area contributed by atoms with E-state index in [1.165, 1.54) is 11.3 Å². The minimum absolute atomic E-state index is 0.00808. The lowest BCUT2D eigenvalue weighted by Gasteiger charge is -2.29. The molecule has 3 nitrogen and oxygen atoms in total. The summed E-state index contributed by atoms with van der Waals surface area (Å²) in [6.45, 7) is 2.80. The number of nitrogens with zero attached hydrogens (tertiary/aromatic N) is 1. The average molecular weight is 395 g/mol. The van der Waals surface area contributed by atoms with Gasteiger partial charge in [0.25, 0.3) is 0 Å². The Morgan fingerprint density at radius 2 is 2.28 bits per heavy atom. The number of likely N-dealkylation sites (tertiary alicyclic amines) is 1. The Kier molecular flexibility index (Phi) is 4.61. The molecule has 0 radical (unpaired) electrons. The Bertz CT molecular complexity index is 486. The standard InChI is InChI=1S/C12H13Br2NO2S/c1-7-3-2-4-15(12(7)17)6-9(16)8-5-10(13)18-11(8)14/h5,7H,2-4,6H2,1H3. The van der Waals surface area contributed by atoms with E-state index < -0.39 is 0 Å². The predicted octanol–water partition coefficient (Wildman–Crippen LogP) is 3.71. The van der Waals surface area contributed by atoms with E-state index in [0.717, 1.165) is 20.4 Å². The first kappa shape index (κ1) is 14.2. The summed E-state index contributed by atoms with van der Waals surface area (Å²) in [4.78, 5) is 25.8. The number of hydrogen-bond acceptors (Lipinski definition) is 3. The van der Waals surface area contributed by atoms with Gasteiger partial charge in [0.15, 0.2) is 5.78 Å². The van der Waals surface area contributed by atoms with Crippen LogP contribution in [-0.2, 0) is 4.79 Å². The fourth-order valence-corrected chi connectivity index (χ4v) is 4.94. The first-order chi connectivity index (χ1) is 8.49. The van der Waals surface area contributed by atoms with E-state index in [9.17, 15) is 9.59 Å². The third-order valence-corrected chi connectivity index (χ3v) is 5.43. The van der Waals surface area contributed by atoms with Crippen molar-refractivity contribution in [3.63, 3.8) is 0 Å². The summed E-state index contributed by atoms with van der Waals surface area (Å²) in [6.07, 6.45) is 1.91. The van der Waals surface area contributed by atoms with E-state index in [2.05, 4.69) is 31.9 Å². The Morgan fingerprint density at radius 1 is 1.56 bits per heavy atom. The Morgan fingerprint density at radius 3 is 2.89 bits per heavy atom. The van der Waals surface area contributed by atoms with Crippen molar-refractivity contribution in [2.45, 2.75) is 19.8 Å². The molecule has 6 heteroatoms. The molecule has 1 amide bonds. The third-order valence-electron chi connectivity index (χ3n) is 3.09. The number of thiophene rings is 1. The molecule has 1 unspecified atom stereocenters. The van der Waals surface area contributed by atoms with Gasteiger partial charge in [-0.05, 0) is 50.8 Å². The fraction of sp³-hybridized carbons (Fsp3) is 0.500. The smallest absolute Gasteiger partial charge is 0.225 e. The normalized spacial score (nSPS) is 20.3. The lowest BCUT2D eigenvalue weighted by molar-refractivity contribution is -0.137. The largest absolute Gasteiger partial charge is 0.335 e. The quantitative estimate of drug-likeness (QED) is 0.732. The van der Waals surface area contributed by atoms with Crippen molar-refractivity contribution in [2.24, 2.45) is 5.92 Å². The zero-order valence-electron chi connectivity index (χ0n) is 9.91. The molecule has 0 saturated carbocycles. The number of amides is 1. The molecule has 18 heavy (non-hydrogen) atoms. The van der Waals surface area contributed by atoms with Gasteiger partial charge in [-0.25, -0.2) is 0 Å². The van der Waals surface area contributed by atoms with Crippen LogP contribution in [0.15, 0.2) is 13.6 Å². The number of halogens is 2. The van der Waals surface area contributed by atoms with Crippen molar-refractivity contribution in [2.75, 3.05) is 13.1 Å². The molecule has 98 valence electrons. The zero-order chi connectivity index (χ0) is 13.3. The molecule has 0 N–H and O–H groups in total. The molecule has 1 atom stereocenters. The number of Topliss-reactive ketones (excluding diaryl/α,β-unsaturated/α-hetero) is 1. The number of ketones is 1. The van der Waals surface area contributed by atoms with E-state index in [-0.39, 0.29) is 24.2 Å². The highest BCUT2D eigenvalue weighted by atomic mass is 79.9.